The summed E-state index contributed by atoms with van der Waals surface area (Å²) < 4.78 is 17.3. The second-order valence-electron chi connectivity index (χ2n) is 4.86. The molecule has 2 aromatic heterocycles. The van der Waals surface area contributed by atoms with E-state index in [1.165, 1.54) is 10.7 Å². The molecule has 0 aliphatic carbocycles. The first-order chi connectivity index (χ1) is 11.2. The van der Waals surface area contributed by atoms with Crippen molar-refractivity contribution < 1.29 is 13.9 Å². The minimum atomic E-state index is -0.516. The van der Waals surface area contributed by atoms with Crippen molar-refractivity contribution in [2.24, 2.45) is 0 Å². The summed E-state index contributed by atoms with van der Waals surface area (Å²) in [4.78, 5) is 11.8. The SMILES string of the molecule is N#Cc1c(N)nnn1Cc1cc(=O)oc2ccc3c(c12)OCO3. The zero-order valence-corrected chi connectivity index (χ0v) is 11.6. The van der Waals surface area contributed by atoms with Gasteiger partial charge in [-0.2, -0.15) is 5.26 Å². The van der Waals surface area contributed by atoms with Gasteiger partial charge in [0.15, 0.2) is 23.0 Å². The lowest BCUT2D eigenvalue weighted by atomic mass is 10.1. The van der Waals surface area contributed by atoms with Crippen LogP contribution in [0.3, 0.4) is 0 Å². The van der Waals surface area contributed by atoms with Gasteiger partial charge in [0, 0.05) is 6.07 Å². The van der Waals surface area contributed by atoms with Gasteiger partial charge in [-0.05, 0) is 17.7 Å². The molecule has 3 heterocycles. The van der Waals surface area contributed by atoms with Crippen molar-refractivity contribution >= 4 is 16.8 Å². The van der Waals surface area contributed by atoms with Crippen LogP contribution in [-0.4, -0.2) is 21.8 Å². The summed E-state index contributed by atoms with van der Waals surface area (Å²) in [5.41, 5.74) is 6.14. The highest BCUT2D eigenvalue weighted by Crippen LogP contribution is 2.40. The first kappa shape index (κ1) is 13.1. The fourth-order valence-corrected chi connectivity index (χ4v) is 2.53. The summed E-state index contributed by atoms with van der Waals surface area (Å²) in [6.45, 7) is 0.210. The van der Waals surface area contributed by atoms with Crippen LogP contribution in [0, 0.1) is 11.3 Å². The van der Waals surface area contributed by atoms with Crippen LogP contribution in [0.25, 0.3) is 11.0 Å². The number of hydrogen-bond acceptors (Lipinski definition) is 8. The molecule has 23 heavy (non-hydrogen) atoms. The zero-order chi connectivity index (χ0) is 16.0. The Morgan fingerprint density at radius 2 is 2.26 bits per heavy atom. The van der Waals surface area contributed by atoms with Gasteiger partial charge in [-0.1, -0.05) is 5.21 Å². The van der Waals surface area contributed by atoms with Crippen LogP contribution < -0.4 is 20.8 Å². The Bertz CT molecular complexity index is 1030. The second kappa shape index (κ2) is 4.74. The van der Waals surface area contributed by atoms with Crippen LogP contribution in [-0.2, 0) is 6.54 Å². The minimum absolute atomic E-state index is 0.0320. The number of nitrogen functional groups attached to an aromatic ring is 1. The molecule has 1 aromatic carbocycles. The van der Waals surface area contributed by atoms with Gasteiger partial charge in [0.05, 0.1) is 11.9 Å². The highest BCUT2D eigenvalue weighted by molar-refractivity contribution is 5.89. The monoisotopic (exact) mass is 311 g/mol. The van der Waals surface area contributed by atoms with Gasteiger partial charge in [0.2, 0.25) is 6.79 Å². The van der Waals surface area contributed by atoms with Crippen LogP contribution in [0.15, 0.2) is 27.4 Å². The van der Waals surface area contributed by atoms with Crippen molar-refractivity contribution in [3.05, 3.63) is 39.9 Å². The molecule has 3 aromatic rings. The van der Waals surface area contributed by atoms with Gasteiger partial charge >= 0.3 is 5.63 Å². The number of rotatable bonds is 2. The van der Waals surface area contributed by atoms with Crippen molar-refractivity contribution in [1.82, 2.24) is 15.0 Å². The van der Waals surface area contributed by atoms with Crippen LogP contribution >= 0.6 is 0 Å². The van der Waals surface area contributed by atoms with E-state index in [1.807, 2.05) is 6.07 Å². The Morgan fingerprint density at radius 1 is 1.39 bits per heavy atom. The van der Waals surface area contributed by atoms with Crippen molar-refractivity contribution in [2.75, 3.05) is 12.5 Å². The molecule has 4 rings (SSSR count). The Labute approximate surface area is 128 Å². The average molecular weight is 311 g/mol. The predicted octanol–water partition coefficient (Wildman–Crippen LogP) is 0.615. The molecule has 0 bridgehead atoms. The average Bonchev–Trinajstić information content (AvgIpc) is 3.13. The first-order valence-corrected chi connectivity index (χ1v) is 6.62. The van der Waals surface area contributed by atoms with Gasteiger partial charge in [-0.3, -0.25) is 0 Å². The zero-order valence-electron chi connectivity index (χ0n) is 11.6. The predicted molar refractivity (Wildman–Crippen MR) is 76.9 cm³/mol. The molecule has 0 saturated carbocycles. The van der Waals surface area contributed by atoms with Gasteiger partial charge < -0.3 is 19.6 Å². The topological polar surface area (TPSA) is 129 Å². The molecule has 0 fully saturated rings. The summed E-state index contributed by atoms with van der Waals surface area (Å²) in [5, 5.41) is 17.2. The molecule has 0 radical (unpaired) electrons. The van der Waals surface area contributed by atoms with E-state index in [1.54, 1.807) is 12.1 Å². The van der Waals surface area contributed by atoms with Crippen molar-refractivity contribution in [3.8, 4) is 17.6 Å². The number of nitrogens with zero attached hydrogens (tertiary/aromatic N) is 4. The molecule has 1 aliphatic rings. The summed E-state index contributed by atoms with van der Waals surface area (Å²) in [5.74, 6) is 1.09. The van der Waals surface area contributed by atoms with Crippen LogP contribution in [0.5, 0.6) is 11.5 Å². The molecular formula is C14H9N5O4. The standard InChI is InChI=1S/C14H9N5O4/c15-4-8-14(16)17-18-19(8)5-7-3-11(20)23-9-1-2-10-13(12(7)9)22-6-21-10/h1-3H,5-6,16H2. The number of nitriles is 1. The molecule has 114 valence electrons. The van der Waals surface area contributed by atoms with Gasteiger partial charge in [-0.15, -0.1) is 5.10 Å². The molecule has 0 unspecified atom stereocenters. The highest BCUT2D eigenvalue weighted by atomic mass is 16.7. The van der Waals surface area contributed by atoms with Crippen molar-refractivity contribution in [3.63, 3.8) is 0 Å². The molecule has 2 N–H and O–H groups in total. The Balaban J connectivity index is 1.94. The largest absolute Gasteiger partial charge is 0.454 e. The summed E-state index contributed by atoms with van der Waals surface area (Å²) in [6.07, 6.45) is 0. The maximum atomic E-state index is 11.8. The molecular weight excluding hydrogens is 302 g/mol. The van der Waals surface area contributed by atoms with E-state index in [9.17, 15) is 4.79 Å². The van der Waals surface area contributed by atoms with Gasteiger partial charge in [0.25, 0.3) is 0 Å². The molecule has 0 spiro atoms. The lowest BCUT2D eigenvalue weighted by Crippen LogP contribution is -2.09. The van der Waals surface area contributed by atoms with Crippen molar-refractivity contribution in [2.45, 2.75) is 6.54 Å². The van der Waals surface area contributed by atoms with E-state index < -0.39 is 5.63 Å². The van der Waals surface area contributed by atoms with E-state index in [0.29, 0.717) is 28.0 Å². The fraction of sp³-hybridized carbons (Fsp3) is 0.143. The maximum Gasteiger partial charge on any atom is 0.336 e. The van der Waals surface area contributed by atoms with Crippen LogP contribution in [0.2, 0.25) is 0 Å². The second-order valence-corrected chi connectivity index (χ2v) is 4.86. The minimum Gasteiger partial charge on any atom is -0.454 e. The Kier molecular flexibility index (Phi) is 2.71. The molecule has 9 heteroatoms. The number of anilines is 1. The summed E-state index contributed by atoms with van der Waals surface area (Å²) >= 11 is 0. The molecule has 0 amide bonds. The van der Waals surface area contributed by atoms with Crippen LogP contribution in [0.1, 0.15) is 11.3 Å². The Morgan fingerprint density at radius 3 is 3.09 bits per heavy atom. The third-order valence-corrected chi connectivity index (χ3v) is 3.51. The van der Waals surface area contributed by atoms with Gasteiger partial charge in [0.1, 0.15) is 11.7 Å². The summed E-state index contributed by atoms with van der Waals surface area (Å²) in [6, 6.07) is 6.56. The number of fused-ring (bicyclic) bond motifs is 3. The van der Waals surface area contributed by atoms with E-state index in [4.69, 9.17) is 24.9 Å². The number of hydrogen-bond donors (Lipinski definition) is 1. The quantitative estimate of drug-likeness (QED) is 0.681. The fourth-order valence-electron chi connectivity index (χ4n) is 2.53. The molecule has 1 aliphatic heterocycles. The lowest BCUT2D eigenvalue weighted by molar-refractivity contribution is 0.174. The number of ether oxygens (including phenoxy) is 2. The third-order valence-electron chi connectivity index (χ3n) is 3.51. The highest BCUT2D eigenvalue weighted by Gasteiger charge is 2.22. The summed E-state index contributed by atoms with van der Waals surface area (Å²) in [7, 11) is 0. The third kappa shape index (κ3) is 1.96. The van der Waals surface area contributed by atoms with E-state index in [2.05, 4.69) is 10.3 Å². The molecule has 0 saturated heterocycles. The molecule has 9 nitrogen and oxygen atoms in total. The van der Waals surface area contributed by atoms with E-state index >= 15 is 0 Å². The van der Waals surface area contributed by atoms with Crippen LogP contribution in [0.4, 0.5) is 5.82 Å². The van der Waals surface area contributed by atoms with Crippen molar-refractivity contribution in [1.29, 1.82) is 5.26 Å². The van der Waals surface area contributed by atoms with E-state index in [-0.39, 0.29) is 24.8 Å². The molecule has 0 atom stereocenters. The van der Waals surface area contributed by atoms with E-state index in [0.717, 1.165) is 0 Å². The number of aromatic nitrogens is 3. The first-order valence-electron chi connectivity index (χ1n) is 6.62. The smallest absolute Gasteiger partial charge is 0.336 e. The Hall–Kier alpha value is -3.54. The maximum absolute atomic E-state index is 11.8. The van der Waals surface area contributed by atoms with Gasteiger partial charge in [-0.25, -0.2) is 9.48 Å². The number of benzene rings is 1. The number of nitrogens with two attached hydrogens (primary N) is 1. The normalized spacial score (nSPS) is 12.5. The lowest BCUT2D eigenvalue weighted by Gasteiger charge is -2.08.